The van der Waals surface area contributed by atoms with Crippen LogP contribution < -0.4 is 24.4 Å². The van der Waals surface area contributed by atoms with Crippen LogP contribution in [0.4, 0.5) is 5.88 Å². The van der Waals surface area contributed by atoms with E-state index in [2.05, 4.69) is 4.99 Å². The van der Waals surface area contributed by atoms with Crippen molar-refractivity contribution >= 4 is 29.3 Å². The standard InChI is InChI=1S/C24H23N3O8S/c1-5-33-16-9-7-14(11-17(16)34-6-2)21-20(23(29)32-4)13(3)25-24-26(21)22(28)18(36-24)12-15-8-10-19(35-15)27(30)31/h7-12,21H,5-6H2,1-4H3. The molecule has 2 aromatic heterocycles. The second kappa shape index (κ2) is 10.2. The van der Waals surface area contributed by atoms with Gasteiger partial charge in [0.05, 0.1) is 48.2 Å². The second-order valence-electron chi connectivity index (χ2n) is 7.58. The Hall–Kier alpha value is -4.19. The Balaban J connectivity index is 1.93. The smallest absolute Gasteiger partial charge is 0.433 e. The zero-order valence-corrected chi connectivity index (χ0v) is 20.8. The van der Waals surface area contributed by atoms with E-state index in [0.717, 1.165) is 11.3 Å². The molecule has 1 aliphatic rings. The molecule has 0 radical (unpaired) electrons. The Bertz CT molecular complexity index is 1550. The van der Waals surface area contributed by atoms with Gasteiger partial charge in [-0.3, -0.25) is 19.5 Å². The zero-order valence-electron chi connectivity index (χ0n) is 20.0. The lowest BCUT2D eigenvalue weighted by atomic mass is 9.95. The van der Waals surface area contributed by atoms with E-state index in [1.165, 1.54) is 29.9 Å². The molecule has 0 bridgehead atoms. The van der Waals surface area contributed by atoms with Crippen molar-refractivity contribution in [2.45, 2.75) is 26.8 Å². The highest BCUT2D eigenvalue weighted by Crippen LogP contribution is 2.36. The van der Waals surface area contributed by atoms with Crippen LogP contribution in [0.1, 0.15) is 38.1 Å². The van der Waals surface area contributed by atoms with Crippen LogP contribution >= 0.6 is 11.3 Å². The average Bonchev–Trinajstić information content (AvgIpc) is 3.44. The Morgan fingerprint density at radius 1 is 1.22 bits per heavy atom. The maximum Gasteiger partial charge on any atom is 0.433 e. The molecule has 0 saturated heterocycles. The zero-order chi connectivity index (χ0) is 26.0. The van der Waals surface area contributed by atoms with E-state index in [-0.39, 0.29) is 15.9 Å². The number of allylic oxidation sites excluding steroid dienone is 1. The largest absolute Gasteiger partial charge is 0.490 e. The number of thiazole rings is 1. The van der Waals surface area contributed by atoms with Crippen LogP contribution in [0.2, 0.25) is 0 Å². The maximum atomic E-state index is 13.6. The van der Waals surface area contributed by atoms with Gasteiger partial charge >= 0.3 is 11.9 Å². The molecule has 1 aliphatic heterocycles. The van der Waals surface area contributed by atoms with Gasteiger partial charge in [0.1, 0.15) is 10.7 Å². The Morgan fingerprint density at radius 3 is 2.58 bits per heavy atom. The number of nitrogens with zero attached hydrogens (tertiary/aromatic N) is 3. The van der Waals surface area contributed by atoms with Gasteiger partial charge in [0.25, 0.3) is 5.56 Å². The van der Waals surface area contributed by atoms with Crippen molar-refractivity contribution in [3.8, 4) is 11.5 Å². The summed E-state index contributed by atoms with van der Waals surface area (Å²) < 4.78 is 23.2. The molecule has 0 aliphatic carbocycles. The molecule has 11 nitrogen and oxygen atoms in total. The van der Waals surface area contributed by atoms with Gasteiger partial charge in [-0.15, -0.1) is 0 Å². The topological polar surface area (TPSA) is 135 Å². The lowest BCUT2D eigenvalue weighted by Crippen LogP contribution is -2.39. The summed E-state index contributed by atoms with van der Waals surface area (Å²) >= 11 is 1.08. The number of benzene rings is 1. The van der Waals surface area contributed by atoms with Gasteiger partial charge in [-0.1, -0.05) is 17.4 Å². The normalized spacial score (nSPS) is 15.3. The predicted octanol–water partition coefficient (Wildman–Crippen LogP) is 2.71. The van der Waals surface area contributed by atoms with Gasteiger partial charge in [0, 0.05) is 6.08 Å². The number of ether oxygens (including phenoxy) is 3. The molecule has 0 saturated carbocycles. The Morgan fingerprint density at radius 2 is 1.94 bits per heavy atom. The fourth-order valence-electron chi connectivity index (χ4n) is 3.89. The van der Waals surface area contributed by atoms with Gasteiger partial charge in [0.15, 0.2) is 16.3 Å². The number of nitro groups is 1. The van der Waals surface area contributed by atoms with E-state index in [1.54, 1.807) is 25.1 Å². The van der Waals surface area contributed by atoms with Crippen molar-refractivity contribution in [3.05, 3.63) is 82.7 Å². The van der Waals surface area contributed by atoms with Crippen LogP contribution in [0, 0.1) is 10.1 Å². The van der Waals surface area contributed by atoms with Crippen molar-refractivity contribution < 1.29 is 28.3 Å². The molecule has 1 unspecified atom stereocenters. The van der Waals surface area contributed by atoms with Crippen molar-refractivity contribution in [3.63, 3.8) is 0 Å². The van der Waals surface area contributed by atoms with E-state index in [4.69, 9.17) is 18.6 Å². The first-order chi connectivity index (χ1) is 17.3. The maximum absolute atomic E-state index is 13.6. The molecular weight excluding hydrogens is 490 g/mol. The monoisotopic (exact) mass is 513 g/mol. The van der Waals surface area contributed by atoms with Crippen LogP contribution in [0.15, 0.2) is 55.8 Å². The van der Waals surface area contributed by atoms with Crippen LogP contribution in [0.25, 0.3) is 6.08 Å². The summed E-state index contributed by atoms with van der Waals surface area (Å²) in [6.07, 6.45) is 1.41. The van der Waals surface area contributed by atoms with Crippen LogP contribution in [-0.2, 0) is 9.53 Å². The highest BCUT2D eigenvalue weighted by Gasteiger charge is 2.33. The summed E-state index contributed by atoms with van der Waals surface area (Å²) in [4.78, 5) is 41.5. The average molecular weight is 514 g/mol. The minimum atomic E-state index is -0.850. The molecule has 0 N–H and O–H groups in total. The highest BCUT2D eigenvalue weighted by atomic mass is 32.1. The van der Waals surface area contributed by atoms with Crippen molar-refractivity contribution in [2.24, 2.45) is 4.99 Å². The van der Waals surface area contributed by atoms with E-state index in [9.17, 15) is 19.7 Å². The predicted molar refractivity (Wildman–Crippen MR) is 130 cm³/mol. The molecule has 12 heteroatoms. The number of fused-ring (bicyclic) bond motifs is 1. The van der Waals surface area contributed by atoms with E-state index in [0.29, 0.717) is 40.8 Å². The molecule has 4 rings (SSSR count). The van der Waals surface area contributed by atoms with E-state index in [1.807, 2.05) is 13.8 Å². The number of hydrogen-bond acceptors (Lipinski definition) is 10. The number of carbonyl (C=O) groups is 1. The minimum Gasteiger partial charge on any atom is -0.490 e. The summed E-state index contributed by atoms with van der Waals surface area (Å²) in [5, 5.41) is 10.9. The van der Waals surface area contributed by atoms with E-state index >= 15 is 0 Å². The van der Waals surface area contributed by atoms with E-state index < -0.39 is 28.4 Å². The lowest BCUT2D eigenvalue weighted by Gasteiger charge is -2.25. The third-order valence-corrected chi connectivity index (χ3v) is 6.36. The van der Waals surface area contributed by atoms with Gasteiger partial charge in [0.2, 0.25) is 0 Å². The van der Waals surface area contributed by atoms with Crippen LogP contribution in [-0.4, -0.2) is 35.8 Å². The third-order valence-electron chi connectivity index (χ3n) is 5.38. The molecule has 188 valence electrons. The minimum absolute atomic E-state index is 0.145. The van der Waals surface area contributed by atoms with Gasteiger partial charge in [-0.25, -0.2) is 9.79 Å². The fourth-order valence-corrected chi connectivity index (χ4v) is 4.92. The molecule has 0 amide bonds. The summed E-state index contributed by atoms with van der Waals surface area (Å²) in [5.74, 6) is 0.0979. The van der Waals surface area contributed by atoms with Crippen molar-refractivity contribution in [2.75, 3.05) is 20.3 Å². The fraction of sp³-hybridized carbons (Fsp3) is 0.292. The van der Waals surface area contributed by atoms with Gasteiger partial charge < -0.3 is 18.6 Å². The molecule has 3 heterocycles. The molecule has 3 aromatic rings. The summed E-state index contributed by atoms with van der Waals surface area (Å²) in [5.41, 5.74) is 0.762. The lowest BCUT2D eigenvalue weighted by molar-refractivity contribution is -0.402. The number of aromatic nitrogens is 1. The van der Waals surface area contributed by atoms with Gasteiger partial charge in [-0.05, 0) is 44.5 Å². The number of hydrogen-bond donors (Lipinski definition) is 0. The molecule has 1 atom stereocenters. The molecule has 0 fully saturated rings. The van der Waals surface area contributed by atoms with Crippen molar-refractivity contribution in [1.82, 2.24) is 4.57 Å². The van der Waals surface area contributed by atoms with Crippen molar-refractivity contribution in [1.29, 1.82) is 0 Å². The molecular formula is C24H23N3O8S. The molecule has 36 heavy (non-hydrogen) atoms. The first-order valence-electron chi connectivity index (χ1n) is 11.0. The number of rotatable bonds is 8. The number of carbonyl (C=O) groups excluding carboxylic acids is 1. The quantitative estimate of drug-likeness (QED) is 0.255. The van der Waals surface area contributed by atoms with Gasteiger partial charge in [-0.2, -0.15) is 0 Å². The molecule has 0 spiro atoms. The van der Waals surface area contributed by atoms with Crippen LogP contribution in [0.5, 0.6) is 11.5 Å². The number of esters is 1. The number of methoxy groups -OCH3 is 1. The second-order valence-corrected chi connectivity index (χ2v) is 8.59. The summed E-state index contributed by atoms with van der Waals surface area (Å²) in [6, 6.07) is 6.98. The first-order valence-corrected chi connectivity index (χ1v) is 11.8. The van der Waals surface area contributed by atoms with Crippen LogP contribution in [0.3, 0.4) is 0 Å². The highest BCUT2D eigenvalue weighted by molar-refractivity contribution is 7.07. The number of furan rings is 1. The third kappa shape index (κ3) is 4.54. The Labute approximate surface area is 208 Å². The summed E-state index contributed by atoms with van der Waals surface area (Å²) in [6.45, 7) is 6.20. The SMILES string of the molecule is CCOc1ccc(C2C(C(=O)OC)=C(C)N=c3sc(=Cc4ccc([N+](=O)[O-])o4)c(=O)n32)cc1OCC. The first kappa shape index (κ1) is 24.9. The Kier molecular flexibility index (Phi) is 7.06. The summed E-state index contributed by atoms with van der Waals surface area (Å²) in [7, 11) is 1.26. The molecule has 1 aromatic carbocycles.